The summed E-state index contributed by atoms with van der Waals surface area (Å²) < 4.78 is 25.5. The van der Waals surface area contributed by atoms with Gasteiger partial charge in [-0.1, -0.05) is 32.1 Å². The van der Waals surface area contributed by atoms with E-state index >= 15 is 0 Å². The van der Waals surface area contributed by atoms with Crippen LogP contribution in [0.3, 0.4) is 0 Å². The van der Waals surface area contributed by atoms with Crippen molar-refractivity contribution in [3.05, 3.63) is 0 Å². The summed E-state index contributed by atoms with van der Waals surface area (Å²) in [5, 5.41) is 8.61. The predicted molar refractivity (Wildman–Crippen MR) is 60.1 cm³/mol. The average Bonchev–Trinajstić information content (AvgIpc) is 2.09. The lowest BCUT2D eigenvalue weighted by Gasteiger charge is -2.20. The molecule has 1 aliphatic carbocycles. The molecular formula is C10H21NO3S. The van der Waals surface area contributed by atoms with Crippen LogP contribution in [0.5, 0.6) is 0 Å². The summed E-state index contributed by atoms with van der Waals surface area (Å²) in [7, 11) is -3.26. The van der Waals surface area contributed by atoms with Crippen LogP contribution in [0.15, 0.2) is 0 Å². The van der Waals surface area contributed by atoms with Gasteiger partial charge in [0.2, 0.25) is 10.0 Å². The van der Waals surface area contributed by atoms with Gasteiger partial charge in [0.05, 0.1) is 12.4 Å². The van der Waals surface area contributed by atoms with Crippen molar-refractivity contribution >= 4 is 10.0 Å². The fraction of sp³-hybridized carbons (Fsp3) is 1.00. The number of sulfonamides is 1. The second kappa shape index (κ2) is 6.45. The number of nitrogens with one attached hydrogen (secondary N) is 1. The molecule has 15 heavy (non-hydrogen) atoms. The zero-order valence-corrected chi connectivity index (χ0v) is 9.93. The molecule has 0 aliphatic heterocycles. The van der Waals surface area contributed by atoms with Crippen LogP contribution in [-0.4, -0.2) is 31.9 Å². The molecule has 4 nitrogen and oxygen atoms in total. The Kier molecular flexibility index (Phi) is 5.56. The van der Waals surface area contributed by atoms with Crippen LogP contribution >= 0.6 is 0 Å². The van der Waals surface area contributed by atoms with Gasteiger partial charge in [-0.3, -0.25) is 0 Å². The van der Waals surface area contributed by atoms with Gasteiger partial charge in [0.25, 0.3) is 0 Å². The second-order valence-electron chi connectivity index (χ2n) is 4.20. The molecule has 0 heterocycles. The van der Waals surface area contributed by atoms with E-state index in [0.29, 0.717) is 0 Å². The van der Waals surface area contributed by atoms with Gasteiger partial charge >= 0.3 is 0 Å². The normalized spacial score (nSPS) is 20.9. The van der Waals surface area contributed by atoms with E-state index in [1.54, 1.807) is 0 Å². The number of hydrogen-bond acceptors (Lipinski definition) is 3. The van der Waals surface area contributed by atoms with Crippen LogP contribution in [-0.2, 0) is 10.0 Å². The summed E-state index contributed by atoms with van der Waals surface area (Å²) in [6.45, 7) is -0.304. The van der Waals surface area contributed by atoms with Gasteiger partial charge in [0.1, 0.15) is 0 Å². The van der Waals surface area contributed by atoms with Crippen molar-refractivity contribution in [1.29, 1.82) is 0 Å². The first kappa shape index (κ1) is 12.9. The van der Waals surface area contributed by atoms with Gasteiger partial charge in [-0.2, -0.15) is 0 Å². The Balaban J connectivity index is 2.40. The third kappa shape index (κ3) is 5.49. The Morgan fingerprint density at radius 1 is 1.07 bits per heavy atom. The van der Waals surface area contributed by atoms with E-state index in [0.717, 1.165) is 25.7 Å². The Labute approximate surface area is 92.1 Å². The standard InChI is InChI=1S/C10H21NO3S/c12-8-9-15(13,14)11-10-6-4-2-1-3-5-7-10/h10-12H,1-9H2. The number of hydrogen-bond donors (Lipinski definition) is 2. The van der Waals surface area contributed by atoms with Crippen LogP contribution in [0.4, 0.5) is 0 Å². The zero-order valence-electron chi connectivity index (χ0n) is 9.11. The maximum Gasteiger partial charge on any atom is 0.214 e. The van der Waals surface area contributed by atoms with Crippen LogP contribution < -0.4 is 4.72 Å². The lowest BCUT2D eigenvalue weighted by Crippen LogP contribution is -2.37. The van der Waals surface area contributed by atoms with Crippen LogP contribution in [0.25, 0.3) is 0 Å². The Bertz CT molecular complexity index is 256. The van der Waals surface area contributed by atoms with E-state index in [1.165, 1.54) is 19.3 Å². The fourth-order valence-corrected chi connectivity index (χ4v) is 3.11. The van der Waals surface area contributed by atoms with Crippen LogP contribution in [0.1, 0.15) is 44.9 Å². The van der Waals surface area contributed by atoms with E-state index in [1.807, 2.05) is 0 Å². The van der Waals surface area contributed by atoms with Crippen molar-refractivity contribution in [3.8, 4) is 0 Å². The molecule has 0 bridgehead atoms. The highest BCUT2D eigenvalue weighted by atomic mass is 32.2. The van der Waals surface area contributed by atoms with Crippen molar-refractivity contribution in [3.63, 3.8) is 0 Å². The van der Waals surface area contributed by atoms with Gasteiger partial charge in [0.15, 0.2) is 0 Å². The molecule has 1 aliphatic rings. The lowest BCUT2D eigenvalue weighted by molar-refractivity contribution is 0.318. The summed E-state index contributed by atoms with van der Waals surface area (Å²) in [6, 6.07) is 0.0850. The molecule has 1 rings (SSSR count). The molecule has 0 aromatic rings. The van der Waals surface area contributed by atoms with E-state index in [-0.39, 0.29) is 18.4 Å². The van der Waals surface area contributed by atoms with E-state index in [4.69, 9.17) is 5.11 Å². The SMILES string of the molecule is O=S(=O)(CCO)NC1CCCCCCC1. The quantitative estimate of drug-likeness (QED) is 0.764. The summed E-state index contributed by atoms with van der Waals surface area (Å²) in [5.41, 5.74) is 0. The van der Waals surface area contributed by atoms with Crippen molar-refractivity contribution in [2.45, 2.75) is 51.0 Å². The maximum absolute atomic E-state index is 11.4. The molecule has 90 valence electrons. The Morgan fingerprint density at radius 3 is 2.13 bits per heavy atom. The first-order chi connectivity index (χ1) is 7.14. The molecule has 0 saturated heterocycles. The van der Waals surface area contributed by atoms with Crippen molar-refractivity contribution in [2.75, 3.05) is 12.4 Å². The van der Waals surface area contributed by atoms with E-state index < -0.39 is 10.0 Å². The third-order valence-corrected chi connectivity index (χ3v) is 4.22. The highest BCUT2D eigenvalue weighted by Crippen LogP contribution is 2.17. The average molecular weight is 235 g/mol. The summed E-state index contributed by atoms with van der Waals surface area (Å²) in [4.78, 5) is 0. The predicted octanol–water partition coefficient (Wildman–Crippen LogP) is 1.01. The van der Waals surface area contributed by atoms with Gasteiger partial charge in [-0.25, -0.2) is 13.1 Å². The smallest absolute Gasteiger partial charge is 0.214 e. The molecular weight excluding hydrogens is 214 g/mol. The number of aliphatic hydroxyl groups excluding tert-OH is 1. The van der Waals surface area contributed by atoms with Crippen molar-refractivity contribution < 1.29 is 13.5 Å². The molecule has 0 amide bonds. The van der Waals surface area contributed by atoms with E-state index in [9.17, 15) is 8.42 Å². The molecule has 2 N–H and O–H groups in total. The van der Waals surface area contributed by atoms with Gasteiger partial charge in [-0.15, -0.1) is 0 Å². The van der Waals surface area contributed by atoms with E-state index in [2.05, 4.69) is 4.72 Å². The first-order valence-corrected chi connectivity index (χ1v) is 7.40. The van der Waals surface area contributed by atoms with Crippen molar-refractivity contribution in [2.24, 2.45) is 0 Å². The Hall–Kier alpha value is -0.130. The second-order valence-corrected chi connectivity index (χ2v) is 6.08. The van der Waals surface area contributed by atoms with Gasteiger partial charge in [0, 0.05) is 6.04 Å². The molecule has 1 fully saturated rings. The molecule has 0 unspecified atom stereocenters. The van der Waals surface area contributed by atoms with Gasteiger partial charge < -0.3 is 5.11 Å². The molecule has 5 heteroatoms. The molecule has 0 radical (unpaired) electrons. The maximum atomic E-state index is 11.4. The topological polar surface area (TPSA) is 66.4 Å². The zero-order chi connectivity index (χ0) is 11.1. The minimum absolute atomic E-state index is 0.0850. The van der Waals surface area contributed by atoms with Crippen LogP contribution in [0.2, 0.25) is 0 Å². The van der Waals surface area contributed by atoms with Crippen LogP contribution in [0, 0.1) is 0 Å². The monoisotopic (exact) mass is 235 g/mol. The molecule has 0 aromatic heterocycles. The lowest BCUT2D eigenvalue weighted by atomic mass is 9.97. The minimum Gasteiger partial charge on any atom is -0.395 e. The summed E-state index contributed by atoms with van der Waals surface area (Å²) in [6.07, 6.45) is 7.76. The highest BCUT2D eigenvalue weighted by molar-refractivity contribution is 7.89. The molecule has 0 atom stereocenters. The Morgan fingerprint density at radius 2 is 1.60 bits per heavy atom. The molecule has 0 spiro atoms. The largest absolute Gasteiger partial charge is 0.395 e. The summed E-state index contributed by atoms with van der Waals surface area (Å²) in [5.74, 6) is -0.177. The third-order valence-electron chi connectivity index (χ3n) is 2.81. The highest BCUT2D eigenvalue weighted by Gasteiger charge is 2.17. The fourth-order valence-electron chi connectivity index (χ4n) is 2.01. The van der Waals surface area contributed by atoms with Gasteiger partial charge in [-0.05, 0) is 12.8 Å². The number of rotatable bonds is 4. The molecule has 0 aromatic carbocycles. The summed E-state index contributed by atoms with van der Waals surface area (Å²) >= 11 is 0. The minimum atomic E-state index is -3.26. The molecule has 1 saturated carbocycles. The van der Waals surface area contributed by atoms with Crippen molar-refractivity contribution in [1.82, 2.24) is 4.72 Å². The number of aliphatic hydroxyl groups is 1. The first-order valence-electron chi connectivity index (χ1n) is 5.75.